The van der Waals surface area contributed by atoms with Crippen LogP contribution in [0.2, 0.25) is 0 Å². The van der Waals surface area contributed by atoms with Crippen molar-refractivity contribution in [1.29, 1.82) is 5.26 Å². The monoisotopic (exact) mass is 278 g/mol. The average Bonchev–Trinajstić information content (AvgIpc) is 2.72. The number of hydrogen-bond acceptors (Lipinski definition) is 4. The Labute approximate surface area is 125 Å². The lowest BCUT2D eigenvalue weighted by Gasteiger charge is -2.25. The molecule has 0 bridgehead atoms. The summed E-state index contributed by atoms with van der Waals surface area (Å²) in [5, 5.41) is 18.1. The van der Waals surface area contributed by atoms with Gasteiger partial charge in [-0.25, -0.2) is 0 Å². The number of anilines is 2. The third-order valence-corrected chi connectivity index (χ3v) is 4.16. The maximum Gasteiger partial charge on any atom is 0.173 e. The fourth-order valence-corrected chi connectivity index (χ4v) is 2.83. The second-order valence-electron chi connectivity index (χ2n) is 5.46. The van der Waals surface area contributed by atoms with E-state index in [0.717, 1.165) is 42.8 Å². The zero-order chi connectivity index (χ0) is 14.8. The number of nitrogens with zero attached hydrogens (tertiary/aromatic N) is 4. The summed E-state index contributed by atoms with van der Waals surface area (Å²) in [7, 11) is 0. The van der Waals surface area contributed by atoms with Gasteiger partial charge in [0.2, 0.25) is 0 Å². The zero-order valence-corrected chi connectivity index (χ0v) is 12.4. The van der Waals surface area contributed by atoms with Gasteiger partial charge in [0.25, 0.3) is 0 Å². The van der Waals surface area contributed by atoms with Crippen LogP contribution in [0.15, 0.2) is 24.3 Å². The Kier molecular flexibility index (Phi) is 3.57. The molecule has 0 spiro atoms. The third-order valence-electron chi connectivity index (χ3n) is 4.16. The molecule has 2 heterocycles. The normalized spacial score (nSPS) is 14.2. The molecule has 2 aromatic rings. The van der Waals surface area contributed by atoms with Crippen molar-refractivity contribution in [3.63, 3.8) is 0 Å². The van der Waals surface area contributed by atoms with Gasteiger partial charge in [-0.15, -0.1) is 5.10 Å². The molecule has 0 radical (unpaired) electrons. The second kappa shape index (κ2) is 5.53. The van der Waals surface area contributed by atoms with Crippen molar-refractivity contribution >= 4 is 11.5 Å². The lowest BCUT2D eigenvalue weighted by Crippen LogP contribution is -2.21. The Hall–Kier alpha value is -2.41. The van der Waals surface area contributed by atoms with Gasteiger partial charge in [0.15, 0.2) is 5.82 Å². The fraction of sp³-hybridized carbons (Fsp3) is 0.353. The summed E-state index contributed by atoms with van der Waals surface area (Å²) in [6.07, 6.45) is 3.33. The van der Waals surface area contributed by atoms with Crippen LogP contribution in [0.25, 0.3) is 0 Å². The van der Waals surface area contributed by atoms with Crippen molar-refractivity contribution in [2.45, 2.75) is 33.1 Å². The summed E-state index contributed by atoms with van der Waals surface area (Å²) in [5.74, 6) is 0.690. The summed E-state index contributed by atoms with van der Waals surface area (Å²) < 4.78 is 0. The van der Waals surface area contributed by atoms with E-state index in [4.69, 9.17) is 0 Å². The summed E-state index contributed by atoms with van der Waals surface area (Å²) in [6, 6.07) is 10.7. The number of aryl methyl sites for hydroxylation is 2. The van der Waals surface area contributed by atoms with Crippen molar-refractivity contribution in [1.82, 2.24) is 10.2 Å². The highest BCUT2D eigenvalue weighted by Crippen LogP contribution is 2.33. The quantitative estimate of drug-likeness (QED) is 0.802. The summed E-state index contributed by atoms with van der Waals surface area (Å²) in [4.78, 5) is 2.15. The molecule has 1 aliphatic rings. The van der Waals surface area contributed by atoms with Crippen LogP contribution in [0.3, 0.4) is 0 Å². The van der Waals surface area contributed by atoms with Crippen molar-refractivity contribution in [3.05, 3.63) is 46.6 Å². The van der Waals surface area contributed by atoms with Crippen molar-refractivity contribution < 1.29 is 0 Å². The zero-order valence-electron chi connectivity index (χ0n) is 12.4. The minimum absolute atomic E-state index is 0.638. The Balaban J connectivity index is 2.17. The molecule has 0 unspecified atom stereocenters. The molecule has 0 saturated carbocycles. The third kappa shape index (κ3) is 2.36. The maximum atomic E-state index is 9.53. The molecule has 1 aliphatic heterocycles. The van der Waals surface area contributed by atoms with Crippen molar-refractivity contribution in [2.24, 2.45) is 0 Å². The summed E-state index contributed by atoms with van der Waals surface area (Å²) in [6.45, 7) is 4.71. The molecule has 4 nitrogen and oxygen atoms in total. The molecule has 0 saturated heterocycles. The van der Waals surface area contributed by atoms with Crippen LogP contribution in [0.5, 0.6) is 0 Å². The molecule has 21 heavy (non-hydrogen) atoms. The molecule has 0 fully saturated rings. The van der Waals surface area contributed by atoms with Crippen LogP contribution < -0.4 is 4.90 Å². The van der Waals surface area contributed by atoms with Crippen LogP contribution in [0.4, 0.5) is 11.5 Å². The minimum atomic E-state index is 0.638. The predicted molar refractivity (Wildman–Crippen MR) is 82.6 cm³/mol. The number of para-hydroxylation sites is 1. The van der Waals surface area contributed by atoms with Gasteiger partial charge < -0.3 is 4.90 Å². The highest BCUT2D eigenvalue weighted by atomic mass is 15.3. The SMILES string of the molecule is Cc1nnc(N2CCCCc3ccccc32)c(C#N)c1C. The lowest BCUT2D eigenvalue weighted by atomic mass is 10.1. The Morgan fingerprint density at radius 1 is 1.14 bits per heavy atom. The Morgan fingerprint density at radius 2 is 1.95 bits per heavy atom. The van der Waals surface area contributed by atoms with E-state index in [1.165, 1.54) is 5.56 Å². The number of fused-ring (bicyclic) bond motifs is 1. The van der Waals surface area contributed by atoms with Gasteiger partial charge in [-0.1, -0.05) is 18.2 Å². The van der Waals surface area contributed by atoms with Gasteiger partial charge in [-0.2, -0.15) is 10.4 Å². The molecule has 3 rings (SSSR count). The van der Waals surface area contributed by atoms with Crippen LogP contribution in [-0.2, 0) is 6.42 Å². The van der Waals surface area contributed by atoms with E-state index in [-0.39, 0.29) is 0 Å². The van der Waals surface area contributed by atoms with E-state index in [1.54, 1.807) is 0 Å². The van der Waals surface area contributed by atoms with Crippen LogP contribution in [-0.4, -0.2) is 16.7 Å². The van der Waals surface area contributed by atoms with Gasteiger partial charge in [0, 0.05) is 12.2 Å². The first-order valence-corrected chi connectivity index (χ1v) is 7.32. The van der Waals surface area contributed by atoms with Crippen LogP contribution >= 0.6 is 0 Å². The molecular formula is C17H18N4. The topological polar surface area (TPSA) is 52.8 Å². The molecule has 1 aromatic heterocycles. The highest BCUT2D eigenvalue weighted by molar-refractivity contribution is 5.70. The van der Waals surface area contributed by atoms with E-state index in [9.17, 15) is 5.26 Å². The first kappa shape index (κ1) is 13.6. The van der Waals surface area contributed by atoms with Crippen LogP contribution in [0.1, 0.15) is 35.2 Å². The molecular weight excluding hydrogens is 260 g/mol. The van der Waals surface area contributed by atoms with Gasteiger partial charge in [0.05, 0.1) is 5.69 Å². The molecule has 106 valence electrons. The lowest BCUT2D eigenvalue weighted by molar-refractivity contribution is 0.752. The van der Waals surface area contributed by atoms with Gasteiger partial charge >= 0.3 is 0 Å². The first-order chi connectivity index (χ1) is 10.2. The number of nitriles is 1. The maximum absolute atomic E-state index is 9.53. The summed E-state index contributed by atoms with van der Waals surface area (Å²) in [5.41, 5.74) is 4.85. The number of benzene rings is 1. The van der Waals surface area contributed by atoms with Gasteiger partial charge in [-0.3, -0.25) is 0 Å². The van der Waals surface area contributed by atoms with Gasteiger partial charge in [0.1, 0.15) is 11.6 Å². The van der Waals surface area contributed by atoms with Crippen molar-refractivity contribution in [3.8, 4) is 6.07 Å². The molecule has 0 atom stereocenters. The Morgan fingerprint density at radius 3 is 2.76 bits per heavy atom. The van der Waals surface area contributed by atoms with E-state index in [2.05, 4.69) is 39.4 Å². The fourth-order valence-electron chi connectivity index (χ4n) is 2.83. The average molecular weight is 278 g/mol. The standard InChI is InChI=1S/C17H18N4/c1-12-13(2)19-20-17(15(12)11-18)21-10-6-5-8-14-7-3-4-9-16(14)21/h3-4,7,9H,5-6,8,10H2,1-2H3. The largest absolute Gasteiger partial charge is 0.324 e. The molecule has 0 N–H and O–H groups in total. The van der Waals surface area contributed by atoms with E-state index >= 15 is 0 Å². The van der Waals surface area contributed by atoms with E-state index in [1.807, 2.05) is 19.9 Å². The number of rotatable bonds is 1. The molecule has 0 aliphatic carbocycles. The van der Waals surface area contributed by atoms with Crippen molar-refractivity contribution in [2.75, 3.05) is 11.4 Å². The summed E-state index contributed by atoms with van der Waals surface area (Å²) >= 11 is 0. The van der Waals surface area contributed by atoms with Gasteiger partial charge in [-0.05, 0) is 50.3 Å². The highest BCUT2D eigenvalue weighted by Gasteiger charge is 2.22. The first-order valence-electron chi connectivity index (χ1n) is 7.32. The molecule has 0 amide bonds. The smallest absolute Gasteiger partial charge is 0.173 e. The molecule has 1 aromatic carbocycles. The minimum Gasteiger partial charge on any atom is -0.324 e. The van der Waals surface area contributed by atoms with Crippen LogP contribution in [0, 0.1) is 25.2 Å². The number of hydrogen-bond donors (Lipinski definition) is 0. The number of aromatic nitrogens is 2. The second-order valence-corrected chi connectivity index (χ2v) is 5.46. The van der Waals surface area contributed by atoms with E-state index in [0.29, 0.717) is 11.4 Å². The molecule has 4 heteroatoms. The predicted octanol–water partition coefficient (Wildman–Crippen LogP) is 3.44. The Bertz CT molecular complexity index is 715. The van der Waals surface area contributed by atoms with E-state index < -0.39 is 0 Å².